The topological polar surface area (TPSA) is 52.7 Å². The van der Waals surface area contributed by atoms with E-state index in [1.807, 2.05) is 6.07 Å². The van der Waals surface area contributed by atoms with E-state index in [1.165, 1.54) is 31.2 Å². The van der Waals surface area contributed by atoms with E-state index in [0.29, 0.717) is 17.5 Å². The Morgan fingerprint density at radius 2 is 1.53 bits per heavy atom. The minimum absolute atomic E-state index is 0.341. The maximum atomic E-state index is 12.4. The van der Waals surface area contributed by atoms with Crippen molar-refractivity contribution in [1.29, 1.82) is 0 Å². The molecule has 0 aromatic heterocycles. The van der Waals surface area contributed by atoms with E-state index < -0.39 is 10.0 Å². The van der Waals surface area contributed by atoms with Crippen molar-refractivity contribution in [3.8, 4) is 0 Å². The van der Waals surface area contributed by atoms with Crippen LogP contribution in [0.1, 0.15) is 31.2 Å². The van der Waals surface area contributed by atoms with Gasteiger partial charge in [0.1, 0.15) is 0 Å². The molecule has 6 heteroatoms. The standard InChI is InChI=1S/C24H33N3O2S/c28-30(29,23-10-5-2-6-11-23)25-15-19-27-16-7-12-24(27)22-13-17-26(18-14-22)20-21-8-3-1-4-9-21/h1-6,8-11,22,24-25H,7,12-20H2. The highest BCUT2D eigenvalue weighted by Gasteiger charge is 2.33. The highest BCUT2D eigenvalue weighted by Crippen LogP contribution is 2.31. The molecule has 0 spiro atoms. The summed E-state index contributed by atoms with van der Waals surface area (Å²) < 4.78 is 27.7. The van der Waals surface area contributed by atoms with Gasteiger partial charge in [0.05, 0.1) is 4.90 Å². The number of likely N-dealkylation sites (tertiary alicyclic amines) is 2. The highest BCUT2D eigenvalue weighted by atomic mass is 32.2. The SMILES string of the molecule is O=S(=O)(NCCN1CCCC1C1CCN(Cc2ccccc2)CC1)c1ccccc1. The summed E-state index contributed by atoms with van der Waals surface area (Å²) >= 11 is 0. The summed E-state index contributed by atoms with van der Waals surface area (Å²) in [6.07, 6.45) is 4.95. The van der Waals surface area contributed by atoms with Crippen LogP contribution in [0.4, 0.5) is 0 Å². The smallest absolute Gasteiger partial charge is 0.240 e. The Morgan fingerprint density at radius 1 is 0.867 bits per heavy atom. The lowest BCUT2D eigenvalue weighted by molar-refractivity contribution is 0.110. The number of nitrogens with zero attached hydrogens (tertiary/aromatic N) is 2. The Kier molecular flexibility index (Phi) is 7.20. The lowest BCUT2D eigenvalue weighted by Gasteiger charge is -2.38. The molecule has 0 aliphatic carbocycles. The fourth-order valence-electron chi connectivity index (χ4n) is 5.01. The molecule has 5 nitrogen and oxygen atoms in total. The van der Waals surface area contributed by atoms with Crippen molar-refractivity contribution in [2.75, 3.05) is 32.7 Å². The number of hydrogen-bond acceptors (Lipinski definition) is 4. The predicted molar refractivity (Wildman–Crippen MR) is 121 cm³/mol. The van der Waals surface area contributed by atoms with Gasteiger partial charge in [-0.05, 0) is 68.9 Å². The average Bonchev–Trinajstić information content (AvgIpc) is 3.24. The second kappa shape index (κ2) is 10.1. The van der Waals surface area contributed by atoms with Gasteiger partial charge in [-0.2, -0.15) is 0 Å². The van der Waals surface area contributed by atoms with Crippen LogP contribution in [0.2, 0.25) is 0 Å². The molecule has 1 unspecified atom stereocenters. The number of nitrogens with one attached hydrogen (secondary N) is 1. The molecule has 0 saturated carbocycles. The second-order valence-corrected chi connectivity index (χ2v) is 10.3. The van der Waals surface area contributed by atoms with Gasteiger partial charge in [0.15, 0.2) is 0 Å². The first-order valence-corrected chi connectivity index (χ1v) is 12.7. The Bertz CT molecular complexity index is 881. The van der Waals surface area contributed by atoms with Crippen molar-refractivity contribution in [3.63, 3.8) is 0 Å². The molecule has 1 N–H and O–H groups in total. The molecule has 0 amide bonds. The molecule has 2 fully saturated rings. The van der Waals surface area contributed by atoms with Crippen molar-refractivity contribution >= 4 is 10.0 Å². The zero-order valence-electron chi connectivity index (χ0n) is 17.6. The summed E-state index contributed by atoms with van der Waals surface area (Å²) in [6, 6.07) is 20.0. The predicted octanol–water partition coefficient (Wildman–Crippen LogP) is 3.34. The van der Waals surface area contributed by atoms with Crippen molar-refractivity contribution in [2.45, 2.75) is 43.2 Å². The fraction of sp³-hybridized carbons (Fsp3) is 0.500. The minimum Gasteiger partial charge on any atom is -0.299 e. The third kappa shape index (κ3) is 5.49. The van der Waals surface area contributed by atoms with Crippen molar-refractivity contribution in [3.05, 3.63) is 66.2 Å². The van der Waals surface area contributed by atoms with Gasteiger partial charge in [0.2, 0.25) is 10.0 Å². The van der Waals surface area contributed by atoms with Crippen LogP contribution >= 0.6 is 0 Å². The first kappa shape index (κ1) is 21.5. The van der Waals surface area contributed by atoms with Crippen molar-refractivity contribution in [2.24, 2.45) is 5.92 Å². The fourth-order valence-corrected chi connectivity index (χ4v) is 6.05. The Labute approximate surface area is 181 Å². The number of hydrogen-bond donors (Lipinski definition) is 1. The molecule has 2 aromatic carbocycles. The average molecular weight is 428 g/mol. The van der Waals surface area contributed by atoms with Gasteiger partial charge in [-0.1, -0.05) is 48.5 Å². The van der Waals surface area contributed by atoms with Gasteiger partial charge >= 0.3 is 0 Å². The molecule has 2 aliphatic heterocycles. The first-order chi connectivity index (χ1) is 14.6. The molecule has 1 atom stereocenters. The quantitative estimate of drug-likeness (QED) is 0.702. The van der Waals surface area contributed by atoms with Gasteiger partial charge in [-0.15, -0.1) is 0 Å². The van der Waals surface area contributed by atoms with Crippen LogP contribution in [0, 0.1) is 5.92 Å². The van der Waals surface area contributed by atoms with Crippen LogP contribution in [-0.4, -0.2) is 57.0 Å². The number of benzene rings is 2. The summed E-state index contributed by atoms with van der Waals surface area (Å²) in [5.41, 5.74) is 1.39. The normalized spacial score (nSPS) is 21.8. The van der Waals surface area contributed by atoms with E-state index in [-0.39, 0.29) is 0 Å². The molecule has 2 saturated heterocycles. The highest BCUT2D eigenvalue weighted by molar-refractivity contribution is 7.89. The molecule has 4 rings (SSSR count). The molecule has 0 bridgehead atoms. The summed E-state index contributed by atoms with van der Waals surface area (Å²) in [4.78, 5) is 5.43. The summed E-state index contributed by atoms with van der Waals surface area (Å²) in [5, 5.41) is 0. The zero-order chi connectivity index (χ0) is 20.8. The van der Waals surface area contributed by atoms with Crippen LogP contribution < -0.4 is 4.72 Å². The van der Waals surface area contributed by atoms with E-state index in [9.17, 15) is 8.42 Å². The first-order valence-electron chi connectivity index (χ1n) is 11.2. The molecule has 2 heterocycles. The second-order valence-electron chi connectivity index (χ2n) is 8.56. The maximum Gasteiger partial charge on any atom is 0.240 e. The van der Waals surface area contributed by atoms with Crippen LogP contribution in [-0.2, 0) is 16.6 Å². The maximum absolute atomic E-state index is 12.4. The van der Waals surface area contributed by atoms with Crippen molar-refractivity contribution in [1.82, 2.24) is 14.5 Å². The summed E-state index contributed by atoms with van der Waals surface area (Å²) in [5.74, 6) is 0.727. The molecule has 2 aliphatic rings. The van der Waals surface area contributed by atoms with E-state index in [2.05, 4.69) is 44.9 Å². The Hall–Kier alpha value is -1.73. The third-order valence-electron chi connectivity index (χ3n) is 6.58. The van der Waals surface area contributed by atoms with Crippen LogP contribution in [0.3, 0.4) is 0 Å². The lowest BCUT2D eigenvalue weighted by atomic mass is 9.87. The Morgan fingerprint density at radius 3 is 2.23 bits per heavy atom. The largest absolute Gasteiger partial charge is 0.299 e. The third-order valence-corrected chi connectivity index (χ3v) is 8.06. The number of piperidine rings is 1. The Balaban J connectivity index is 1.24. The van der Waals surface area contributed by atoms with E-state index >= 15 is 0 Å². The molecule has 162 valence electrons. The minimum atomic E-state index is -3.41. The van der Waals surface area contributed by atoms with Gasteiger partial charge in [-0.3, -0.25) is 9.80 Å². The molecule has 30 heavy (non-hydrogen) atoms. The lowest BCUT2D eigenvalue weighted by Crippen LogP contribution is -2.44. The number of rotatable bonds is 8. The van der Waals surface area contributed by atoms with Crippen molar-refractivity contribution < 1.29 is 8.42 Å². The van der Waals surface area contributed by atoms with Crippen LogP contribution in [0.5, 0.6) is 0 Å². The monoisotopic (exact) mass is 427 g/mol. The molecular formula is C24H33N3O2S. The van der Waals surface area contributed by atoms with Gasteiger partial charge in [0, 0.05) is 25.7 Å². The molecule has 2 aromatic rings. The molecule has 0 radical (unpaired) electrons. The zero-order valence-corrected chi connectivity index (χ0v) is 18.4. The summed E-state index contributed by atoms with van der Waals surface area (Å²) in [7, 11) is -3.41. The van der Waals surface area contributed by atoms with Gasteiger partial charge in [-0.25, -0.2) is 13.1 Å². The van der Waals surface area contributed by atoms with E-state index in [1.54, 1.807) is 24.3 Å². The summed E-state index contributed by atoms with van der Waals surface area (Å²) in [6.45, 7) is 5.71. The molecular weight excluding hydrogens is 394 g/mol. The van der Waals surface area contributed by atoms with Gasteiger partial charge in [0.25, 0.3) is 0 Å². The van der Waals surface area contributed by atoms with Crippen LogP contribution in [0.25, 0.3) is 0 Å². The van der Waals surface area contributed by atoms with Crippen LogP contribution in [0.15, 0.2) is 65.6 Å². The number of sulfonamides is 1. The van der Waals surface area contributed by atoms with E-state index in [4.69, 9.17) is 0 Å². The van der Waals surface area contributed by atoms with Gasteiger partial charge < -0.3 is 0 Å². The van der Waals surface area contributed by atoms with E-state index in [0.717, 1.165) is 38.6 Å².